The Morgan fingerprint density at radius 2 is 1.06 bits per heavy atom. The fourth-order valence-electron chi connectivity index (χ4n) is 17.4. The Morgan fingerprint density at radius 1 is 0.519 bits per heavy atom. The number of ether oxygens (including phenoxy) is 13. The summed E-state index contributed by atoms with van der Waals surface area (Å²) in [7, 11) is 0. The number of hydrogen-bond acceptors (Lipinski definition) is 22. The number of rotatable bonds is 14. The lowest BCUT2D eigenvalue weighted by Gasteiger charge is -2.66. The minimum atomic E-state index is -1.52. The fraction of sp³-hybridized carbons (Fsp3) is 0.860. The lowest BCUT2D eigenvalue weighted by atomic mass is 9.41. The average Bonchev–Trinajstić information content (AvgIpc) is 2.11. The predicted molar refractivity (Wildman–Crippen MR) is 270 cm³/mol. The monoisotopic (exact) mass is 1120 g/mol. The van der Waals surface area contributed by atoms with Gasteiger partial charge in [0.05, 0.1) is 30.5 Å². The van der Waals surface area contributed by atoms with Crippen molar-refractivity contribution in [2.24, 2.45) is 44.8 Å². The van der Waals surface area contributed by atoms with Crippen LogP contribution in [-0.4, -0.2) is 157 Å². The van der Waals surface area contributed by atoms with Gasteiger partial charge in [-0.1, -0.05) is 27.7 Å². The van der Waals surface area contributed by atoms with Crippen LogP contribution in [0.25, 0.3) is 0 Å². The molecule has 8 aliphatic rings. The van der Waals surface area contributed by atoms with Gasteiger partial charge in [-0.3, -0.25) is 38.4 Å². The summed E-state index contributed by atoms with van der Waals surface area (Å²) in [5.41, 5.74) is -4.25. The van der Waals surface area contributed by atoms with E-state index in [0.717, 1.165) is 33.1 Å². The molecule has 0 aromatic heterocycles. The molecular weight excluding hydrogens is 1040 g/mol. The summed E-state index contributed by atoms with van der Waals surface area (Å²) in [6.45, 7) is 23.6. The van der Waals surface area contributed by atoms with Crippen LogP contribution in [0, 0.1) is 44.8 Å². The summed E-state index contributed by atoms with van der Waals surface area (Å²) in [5.74, 6) is -6.34. The SMILES string of the molecule is CC(=O)OC[C@H]1O[C@@H](O[C@H]2C[C@@H]3[C@]4(CC[C@]5(C)[C@@H]([C@@]6(C)CC[C@H](OC(C)=O)C(C)(C)O6)[C@@H](O)C[C@@]35C)C[C@@]43CC[C@H](O[C@@H]4OC[C@@H](OC(C)=O)[C@H](OC(C)=O)[C@H]4OC(C)=O)C(C)(C)[C@H]23)[C@H](OC(C)=O)[C@@H](OC(C)=O)[C@@H]1OC(C)=O. The minimum absolute atomic E-state index is 0.0923. The first-order chi connectivity index (χ1) is 36.6. The molecule has 5 aliphatic carbocycles. The molecule has 0 amide bonds. The van der Waals surface area contributed by atoms with Gasteiger partial charge in [-0.15, -0.1) is 0 Å². The molecule has 0 radical (unpaired) electrons. The second kappa shape index (κ2) is 21.7. The maximum absolute atomic E-state index is 13.2. The number of carbonyl (C=O) groups excluding carboxylic acids is 8. The number of carbonyl (C=O) groups is 8. The van der Waals surface area contributed by atoms with Crippen LogP contribution in [0.3, 0.4) is 0 Å². The molecule has 3 saturated heterocycles. The molecule has 5 saturated carbocycles. The Bertz CT molecular complexity index is 2410. The van der Waals surface area contributed by atoms with E-state index in [-0.39, 0.29) is 29.8 Å². The fourth-order valence-corrected chi connectivity index (χ4v) is 17.4. The van der Waals surface area contributed by atoms with Crippen LogP contribution in [0.4, 0.5) is 0 Å². The molecule has 0 unspecified atom stereocenters. The van der Waals surface area contributed by atoms with E-state index in [1.807, 2.05) is 13.8 Å². The van der Waals surface area contributed by atoms with Crippen molar-refractivity contribution in [1.29, 1.82) is 0 Å². The van der Waals surface area contributed by atoms with E-state index in [9.17, 15) is 43.5 Å². The second-order valence-electron chi connectivity index (χ2n) is 25.7. The smallest absolute Gasteiger partial charge is 0.303 e. The summed E-state index contributed by atoms with van der Waals surface area (Å²) in [6.07, 6.45) is -9.56. The van der Waals surface area contributed by atoms with Gasteiger partial charge >= 0.3 is 47.8 Å². The van der Waals surface area contributed by atoms with Crippen molar-refractivity contribution in [3.05, 3.63) is 0 Å². The Labute approximate surface area is 462 Å². The Kier molecular flexibility index (Phi) is 16.6. The quantitative estimate of drug-likeness (QED) is 0.131. The van der Waals surface area contributed by atoms with Crippen molar-refractivity contribution in [2.45, 2.75) is 253 Å². The second-order valence-corrected chi connectivity index (χ2v) is 25.7. The molecule has 8 fully saturated rings. The largest absolute Gasteiger partial charge is 0.463 e. The molecule has 3 heterocycles. The van der Waals surface area contributed by atoms with Crippen molar-refractivity contribution in [2.75, 3.05) is 13.2 Å². The zero-order chi connectivity index (χ0) is 58.3. The third-order valence-electron chi connectivity index (χ3n) is 20.0. The summed E-state index contributed by atoms with van der Waals surface area (Å²) in [5, 5.41) is 12.7. The molecule has 22 nitrogen and oxygen atoms in total. The van der Waals surface area contributed by atoms with Crippen LogP contribution in [0.2, 0.25) is 0 Å². The molecule has 444 valence electrons. The number of hydrogen-bond donors (Lipinski definition) is 1. The summed E-state index contributed by atoms with van der Waals surface area (Å²) in [4.78, 5) is 101. The number of aliphatic hydroxyl groups excluding tert-OH is 1. The normalized spacial score (nSPS) is 44.3. The Balaban J connectivity index is 1.22. The van der Waals surface area contributed by atoms with Crippen molar-refractivity contribution < 1.29 is 105 Å². The van der Waals surface area contributed by atoms with Gasteiger partial charge in [-0.25, -0.2) is 0 Å². The molecule has 0 aromatic carbocycles. The van der Waals surface area contributed by atoms with E-state index in [1.165, 1.54) is 41.5 Å². The van der Waals surface area contributed by atoms with E-state index in [4.69, 9.17) is 61.6 Å². The van der Waals surface area contributed by atoms with Gasteiger partial charge in [0, 0.05) is 61.3 Å². The minimum Gasteiger partial charge on any atom is -0.463 e. The third kappa shape index (κ3) is 10.9. The highest BCUT2D eigenvalue weighted by molar-refractivity contribution is 5.70. The lowest BCUT2D eigenvalue weighted by Crippen LogP contribution is -2.67. The molecule has 3 aliphatic heterocycles. The topological polar surface area (TPSA) is 277 Å². The van der Waals surface area contributed by atoms with Gasteiger partial charge in [0.1, 0.15) is 24.4 Å². The highest BCUT2D eigenvalue weighted by atomic mass is 16.7. The van der Waals surface area contributed by atoms with Crippen LogP contribution in [0.1, 0.15) is 162 Å². The van der Waals surface area contributed by atoms with E-state index in [1.54, 1.807) is 0 Å². The van der Waals surface area contributed by atoms with Crippen molar-refractivity contribution in [3.63, 3.8) is 0 Å². The first-order valence-electron chi connectivity index (χ1n) is 28.0. The standard InChI is InChI=1S/C57H84O22/c1-27(58)67-24-38-42(71-30(4)61)44(73-32(6)63)46(75-34(8)65)50(77-38)76-36-22-39-54(14)23-35(66)47(55(15)18-16-41(70-29(3)60)52(11,12)79-55)53(54,13)20-21-56(39)26-57(56)19-17-40(51(9,10)48(36)57)78-49-45(74-33(7)64)43(72-31(5)62)37(25-68-49)69-28(2)59/h35-50,66H,16-26H2,1-15H3/t35-,36-,37+,38+,39-,40-,41-,42+,43-,44-,45+,46+,47-,48-,49-,50+,53+,54-,55+,56-,57+/m0/s1. The van der Waals surface area contributed by atoms with Gasteiger partial charge in [0.2, 0.25) is 0 Å². The molecule has 79 heavy (non-hydrogen) atoms. The maximum Gasteiger partial charge on any atom is 0.303 e. The third-order valence-corrected chi connectivity index (χ3v) is 20.0. The highest BCUT2D eigenvalue weighted by Gasteiger charge is 2.85. The molecule has 8 rings (SSSR count). The summed E-state index contributed by atoms with van der Waals surface area (Å²) >= 11 is 0. The van der Waals surface area contributed by atoms with Crippen molar-refractivity contribution in [3.8, 4) is 0 Å². The average molecular weight is 1120 g/mol. The zero-order valence-electron chi connectivity index (χ0n) is 48.5. The van der Waals surface area contributed by atoms with Gasteiger partial charge in [-0.05, 0) is 117 Å². The van der Waals surface area contributed by atoms with E-state index >= 15 is 0 Å². The van der Waals surface area contributed by atoms with Crippen LogP contribution in [-0.2, 0) is 99.9 Å². The van der Waals surface area contributed by atoms with Crippen LogP contribution >= 0.6 is 0 Å². The summed E-state index contributed by atoms with van der Waals surface area (Å²) in [6, 6.07) is 0. The zero-order valence-corrected chi connectivity index (χ0v) is 48.5. The first kappa shape index (κ1) is 60.6. The van der Waals surface area contributed by atoms with Gasteiger partial charge < -0.3 is 66.7 Å². The Hall–Kier alpha value is -4.48. The number of aliphatic hydroxyl groups is 1. The van der Waals surface area contributed by atoms with Crippen LogP contribution in [0.5, 0.6) is 0 Å². The number of esters is 8. The van der Waals surface area contributed by atoms with E-state index < -0.39 is 167 Å². The van der Waals surface area contributed by atoms with Gasteiger partial charge in [0.25, 0.3) is 0 Å². The van der Waals surface area contributed by atoms with Crippen molar-refractivity contribution in [1.82, 2.24) is 0 Å². The van der Waals surface area contributed by atoms with Gasteiger partial charge in [-0.2, -0.15) is 0 Å². The number of fused-ring (bicyclic) bond motifs is 2. The summed E-state index contributed by atoms with van der Waals surface area (Å²) < 4.78 is 80.2. The van der Waals surface area contributed by atoms with E-state index in [0.29, 0.717) is 38.5 Å². The first-order valence-corrected chi connectivity index (χ1v) is 28.0. The molecule has 2 spiro atoms. The molecule has 0 aromatic rings. The molecule has 1 N–H and O–H groups in total. The lowest BCUT2D eigenvalue weighted by molar-refractivity contribution is -0.341. The molecule has 21 atom stereocenters. The maximum atomic E-state index is 13.2. The highest BCUT2D eigenvalue weighted by Crippen LogP contribution is 2.89. The molecule has 22 heteroatoms. The molecular formula is C57H84O22. The van der Waals surface area contributed by atoms with Crippen LogP contribution < -0.4 is 0 Å². The van der Waals surface area contributed by atoms with Gasteiger partial charge in [0.15, 0.2) is 49.2 Å². The Morgan fingerprint density at radius 3 is 1.63 bits per heavy atom. The van der Waals surface area contributed by atoms with Crippen molar-refractivity contribution >= 4 is 47.8 Å². The molecule has 0 bridgehead atoms. The van der Waals surface area contributed by atoms with Crippen LogP contribution in [0.15, 0.2) is 0 Å². The van der Waals surface area contributed by atoms with E-state index in [2.05, 4.69) is 34.6 Å². The predicted octanol–water partition coefficient (Wildman–Crippen LogP) is 5.29.